The summed E-state index contributed by atoms with van der Waals surface area (Å²) in [6.45, 7) is 1.99. The summed E-state index contributed by atoms with van der Waals surface area (Å²) in [4.78, 5) is 25.2. The van der Waals surface area contributed by atoms with Gasteiger partial charge < -0.3 is 10.5 Å². The summed E-state index contributed by atoms with van der Waals surface area (Å²) in [5.41, 5.74) is 6.86. The van der Waals surface area contributed by atoms with Gasteiger partial charge in [0.25, 0.3) is 0 Å². The van der Waals surface area contributed by atoms with Gasteiger partial charge in [-0.3, -0.25) is 9.69 Å². The fraction of sp³-hybridized carbons (Fsp3) is 0.583. The highest BCUT2D eigenvalue weighted by atomic mass is 16.5. The standard InChI is InChI=1S/C12H15N3O3/c1-2-18-12(17)10-4-3-9-7(6-13)5-8(14)11(16)15(9)10/h8,10H,2-5,14H2,1H3/t8?,10-/m0/s1. The van der Waals surface area contributed by atoms with Crippen LogP contribution in [0.2, 0.25) is 0 Å². The molecule has 2 aliphatic heterocycles. The number of carbonyl (C=O) groups is 2. The maximum atomic E-state index is 12.0. The number of ether oxygens (including phenoxy) is 1. The van der Waals surface area contributed by atoms with Gasteiger partial charge >= 0.3 is 5.97 Å². The molecule has 2 N–H and O–H groups in total. The molecule has 0 aromatic carbocycles. The van der Waals surface area contributed by atoms with Crippen molar-refractivity contribution in [2.75, 3.05) is 6.61 Å². The first kappa shape index (κ1) is 12.6. The Balaban J connectivity index is 2.33. The van der Waals surface area contributed by atoms with Gasteiger partial charge in [-0.1, -0.05) is 0 Å². The first-order chi connectivity index (χ1) is 8.60. The van der Waals surface area contributed by atoms with Crippen molar-refractivity contribution in [3.63, 3.8) is 0 Å². The third-order valence-electron chi connectivity index (χ3n) is 3.28. The summed E-state index contributed by atoms with van der Waals surface area (Å²) >= 11 is 0. The van der Waals surface area contributed by atoms with Gasteiger partial charge in [0, 0.05) is 12.1 Å². The van der Waals surface area contributed by atoms with E-state index < -0.39 is 18.1 Å². The Labute approximate surface area is 105 Å². The van der Waals surface area contributed by atoms with Gasteiger partial charge in [0.1, 0.15) is 6.04 Å². The number of nitriles is 1. The number of hydrogen-bond acceptors (Lipinski definition) is 5. The maximum Gasteiger partial charge on any atom is 0.329 e. The zero-order chi connectivity index (χ0) is 13.3. The minimum Gasteiger partial charge on any atom is -0.464 e. The van der Waals surface area contributed by atoms with E-state index in [1.54, 1.807) is 6.92 Å². The molecule has 1 saturated heterocycles. The van der Waals surface area contributed by atoms with E-state index in [1.165, 1.54) is 4.90 Å². The normalized spacial score (nSPS) is 26.9. The predicted octanol–water partition coefficient (Wildman–Crippen LogP) is 0.0492. The Morgan fingerprint density at radius 1 is 1.67 bits per heavy atom. The second-order valence-electron chi connectivity index (χ2n) is 4.36. The summed E-state index contributed by atoms with van der Waals surface area (Å²) in [5.74, 6) is -0.716. The third-order valence-corrected chi connectivity index (χ3v) is 3.28. The molecule has 0 spiro atoms. The molecule has 6 nitrogen and oxygen atoms in total. The molecule has 1 fully saturated rings. The number of nitrogens with two attached hydrogens (primary N) is 1. The molecule has 0 aromatic heterocycles. The average Bonchev–Trinajstić information content (AvgIpc) is 2.79. The van der Waals surface area contributed by atoms with E-state index >= 15 is 0 Å². The molecule has 0 aliphatic carbocycles. The molecule has 0 radical (unpaired) electrons. The van der Waals surface area contributed by atoms with E-state index in [-0.39, 0.29) is 18.9 Å². The highest BCUT2D eigenvalue weighted by Gasteiger charge is 2.44. The molecule has 6 heteroatoms. The van der Waals surface area contributed by atoms with Gasteiger partial charge in [-0.25, -0.2) is 4.79 Å². The summed E-state index contributed by atoms with van der Waals surface area (Å²) in [7, 11) is 0. The lowest BCUT2D eigenvalue weighted by molar-refractivity contribution is -0.152. The summed E-state index contributed by atoms with van der Waals surface area (Å²) in [6, 6.07) is 0.711. The minimum absolute atomic E-state index is 0.261. The molecular formula is C12H15N3O3. The molecule has 2 aliphatic rings. The number of allylic oxidation sites excluding steroid dienone is 1. The Morgan fingerprint density at radius 2 is 2.39 bits per heavy atom. The molecule has 18 heavy (non-hydrogen) atoms. The van der Waals surface area contributed by atoms with Crippen molar-refractivity contribution in [3.05, 3.63) is 11.3 Å². The molecule has 1 amide bonds. The van der Waals surface area contributed by atoms with E-state index in [0.29, 0.717) is 24.1 Å². The van der Waals surface area contributed by atoms with Crippen LogP contribution >= 0.6 is 0 Å². The fourth-order valence-electron chi connectivity index (χ4n) is 2.47. The van der Waals surface area contributed by atoms with Crippen molar-refractivity contribution < 1.29 is 14.3 Å². The topological polar surface area (TPSA) is 96.4 Å². The van der Waals surface area contributed by atoms with Gasteiger partial charge in [-0.15, -0.1) is 0 Å². The van der Waals surface area contributed by atoms with Crippen molar-refractivity contribution in [1.82, 2.24) is 4.90 Å². The van der Waals surface area contributed by atoms with Crippen LogP contribution < -0.4 is 5.73 Å². The Kier molecular flexibility index (Phi) is 3.34. The smallest absolute Gasteiger partial charge is 0.329 e. The fourth-order valence-corrected chi connectivity index (χ4v) is 2.47. The van der Waals surface area contributed by atoms with Crippen molar-refractivity contribution in [1.29, 1.82) is 5.26 Å². The third kappa shape index (κ3) is 1.87. The molecule has 2 atom stereocenters. The Morgan fingerprint density at radius 3 is 3.00 bits per heavy atom. The summed E-state index contributed by atoms with van der Waals surface area (Å²) in [5, 5.41) is 9.05. The lowest BCUT2D eigenvalue weighted by atomic mass is 9.99. The number of carbonyl (C=O) groups excluding carboxylic acids is 2. The van der Waals surface area contributed by atoms with Crippen LogP contribution in [0.3, 0.4) is 0 Å². The van der Waals surface area contributed by atoms with Crippen LogP contribution in [0, 0.1) is 11.3 Å². The first-order valence-corrected chi connectivity index (χ1v) is 5.97. The minimum atomic E-state index is -0.738. The van der Waals surface area contributed by atoms with E-state index in [9.17, 15) is 9.59 Å². The quantitative estimate of drug-likeness (QED) is 0.697. The summed E-state index contributed by atoms with van der Waals surface area (Å²) in [6.07, 6.45) is 1.30. The van der Waals surface area contributed by atoms with Crippen molar-refractivity contribution in [3.8, 4) is 6.07 Å². The second kappa shape index (κ2) is 4.78. The molecule has 0 bridgehead atoms. The van der Waals surface area contributed by atoms with Gasteiger partial charge in [0.2, 0.25) is 5.91 Å². The van der Waals surface area contributed by atoms with Crippen LogP contribution in [-0.2, 0) is 14.3 Å². The van der Waals surface area contributed by atoms with E-state index in [4.69, 9.17) is 15.7 Å². The largest absolute Gasteiger partial charge is 0.464 e. The lowest BCUT2D eigenvalue weighted by Crippen LogP contribution is -2.51. The molecule has 2 heterocycles. The number of hydrogen-bond donors (Lipinski definition) is 1. The monoisotopic (exact) mass is 249 g/mol. The predicted molar refractivity (Wildman–Crippen MR) is 61.7 cm³/mol. The van der Waals surface area contributed by atoms with Crippen LogP contribution in [-0.4, -0.2) is 35.5 Å². The molecular weight excluding hydrogens is 234 g/mol. The zero-order valence-corrected chi connectivity index (χ0v) is 10.2. The number of fused-ring (bicyclic) bond motifs is 1. The number of nitrogens with zero attached hydrogens (tertiary/aromatic N) is 2. The molecule has 96 valence electrons. The molecule has 0 saturated carbocycles. The lowest BCUT2D eigenvalue weighted by Gasteiger charge is -2.31. The zero-order valence-electron chi connectivity index (χ0n) is 10.2. The molecule has 0 aromatic rings. The van der Waals surface area contributed by atoms with Crippen molar-refractivity contribution >= 4 is 11.9 Å². The Bertz CT molecular complexity index is 464. The number of esters is 1. The van der Waals surface area contributed by atoms with E-state index in [2.05, 4.69) is 6.07 Å². The van der Waals surface area contributed by atoms with E-state index in [0.717, 1.165) is 0 Å². The summed E-state index contributed by atoms with van der Waals surface area (Å²) < 4.78 is 4.95. The van der Waals surface area contributed by atoms with Gasteiger partial charge in [0.15, 0.2) is 0 Å². The van der Waals surface area contributed by atoms with E-state index in [1.807, 2.05) is 0 Å². The first-order valence-electron chi connectivity index (χ1n) is 5.97. The van der Waals surface area contributed by atoms with Crippen LogP contribution in [0.25, 0.3) is 0 Å². The molecule has 2 rings (SSSR count). The van der Waals surface area contributed by atoms with Gasteiger partial charge in [0.05, 0.1) is 24.3 Å². The molecule has 1 unspecified atom stereocenters. The highest BCUT2D eigenvalue weighted by molar-refractivity contribution is 5.91. The van der Waals surface area contributed by atoms with Crippen LogP contribution in [0.15, 0.2) is 11.3 Å². The highest BCUT2D eigenvalue weighted by Crippen LogP contribution is 2.35. The van der Waals surface area contributed by atoms with Crippen LogP contribution in [0.4, 0.5) is 0 Å². The second-order valence-corrected chi connectivity index (χ2v) is 4.36. The maximum absolute atomic E-state index is 12.0. The van der Waals surface area contributed by atoms with Crippen LogP contribution in [0.5, 0.6) is 0 Å². The average molecular weight is 249 g/mol. The van der Waals surface area contributed by atoms with Crippen LogP contribution in [0.1, 0.15) is 26.2 Å². The van der Waals surface area contributed by atoms with Crippen molar-refractivity contribution in [2.45, 2.75) is 38.3 Å². The SMILES string of the molecule is CCOC(=O)[C@@H]1CCC2=C(C#N)CC(N)C(=O)N21. The van der Waals surface area contributed by atoms with Gasteiger partial charge in [-0.05, 0) is 19.8 Å². The number of amides is 1. The van der Waals surface area contributed by atoms with Gasteiger partial charge in [-0.2, -0.15) is 5.26 Å². The van der Waals surface area contributed by atoms with Crippen molar-refractivity contribution in [2.24, 2.45) is 5.73 Å². The number of rotatable bonds is 2. The Hall–Kier alpha value is -1.87.